The molecule has 0 fully saturated rings. The third-order valence-electron chi connectivity index (χ3n) is 8.11. The second-order valence-corrected chi connectivity index (χ2v) is 12.3. The van der Waals surface area contributed by atoms with Crippen molar-refractivity contribution in [3.8, 4) is 34.6 Å². The van der Waals surface area contributed by atoms with Gasteiger partial charge in [-0.15, -0.1) is 0 Å². The third-order valence-corrected chi connectivity index (χ3v) is 8.65. The molecule has 2 aromatic heterocycles. The summed E-state index contributed by atoms with van der Waals surface area (Å²) in [6.45, 7) is 8.63. The number of methoxy groups -OCH3 is 2. The van der Waals surface area contributed by atoms with Crippen LogP contribution in [-0.4, -0.2) is 48.5 Å². The molecular weight excluding hydrogens is 669 g/mol. The standard InChI is InChI=1S/C36H41Cl2N5O6/c1-20(17-44)40-15-26-13-30(37)35(42-33(26)46-5)48-18-24-9-7-11-28(21(24)2)29-12-8-10-25(22(29)3)19-49-36-31(38)14-27(34(43-36)47-6)16-41-23(4)32(39)45/h7-14,17,20,23,40-41H,15-16,18-19H2,1-6H3,(H2,39,45). The maximum atomic E-state index is 11.4. The molecule has 4 N–H and O–H groups in total. The quantitative estimate of drug-likeness (QED) is 0.114. The lowest BCUT2D eigenvalue weighted by molar-refractivity contribution is -0.119. The van der Waals surface area contributed by atoms with E-state index in [0.717, 1.165) is 39.7 Å². The number of aldehydes is 1. The van der Waals surface area contributed by atoms with E-state index in [9.17, 15) is 9.59 Å². The van der Waals surface area contributed by atoms with Crippen LogP contribution in [-0.2, 0) is 35.9 Å². The van der Waals surface area contributed by atoms with Crippen LogP contribution in [0.25, 0.3) is 11.1 Å². The number of amides is 1. The van der Waals surface area contributed by atoms with Gasteiger partial charge >= 0.3 is 0 Å². The van der Waals surface area contributed by atoms with E-state index < -0.39 is 11.9 Å². The molecule has 0 saturated heterocycles. The smallest absolute Gasteiger partial charge is 0.236 e. The summed E-state index contributed by atoms with van der Waals surface area (Å²) in [4.78, 5) is 31.3. The van der Waals surface area contributed by atoms with Gasteiger partial charge in [-0.3, -0.25) is 4.79 Å². The van der Waals surface area contributed by atoms with Gasteiger partial charge in [0, 0.05) is 24.2 Å². The highest BCUT2D eigenvalue weighted by Crippen LogP contribution is 2.34. The molecule has 11 nitrogen and oxygen atoms in total. The monoisotopic (exact) mass is 709 g/mol. The normalized spacial score (nSPS) is 12.2. The van der Waals surface area contributed by atoms with Crippen molar-refractivity contribution >= 4 is 35.4 Å². The van der Waals surface area contributed by atoms with E-state index in [1.54, 1.807) is 26.0 Å². The van der Waals surface area contributed by atoms with Crippen molar-refractivity contribution < 1.29 is 28.5 Å². The predicted octanol–water partition coefficient (Wildman–Crippen LogP) is 5.88. The van der Waals surface area contributed by atoms with Gasteiger partial charge in [0.05, 0.1) is 26.3 Å². The molecule has 2 unspecified atom stereocenters. The summed E-state index contributed by atoms with van der Waals surface area (Å²) in [5.41, 5.74) is 12.8. The summed E-state index contributed by atoms with van der Waals surface area (Å²) in [5.74, 6) is 0.708. The minimum atomic E-state index is -0.531. The Balaban J connectivity index is 1.50. The van der Waals surface area contributed by atoms with Crippen molar-refractivity contribution in [3.05, 3.63) is 92.0 Å². The van der Waals surface area contributed by atoms with Crippen LogP contribution in [0.5, 0.6) is 23.5 Å². The first-order valence-electron chi connectivity index (χ1n) is 15.6. The number of hydrogen-bond acceptors (Lipinski definition) is 10. The van der Waals surface area contributed by atoms with Crippen LogP contribution in [0.15, 0.2) is 48.5 Å². The van der Waals surface area contributed by atoms with Gasteiger partial charge in [-0.2, -0.15) is 9.97 Å². The number of halogens is 2. The van der Waals surface area contributed by atoms with Crippen LogP contribution in [0.4, 0.5) is 0 Å². The Labute approximate surface area is 296 Å². The highest BCUT2D eigenvalue weighted by molar-refractivity contribution is 6.32. The molecule has 0 spiro atoms. The Kier molecular flexibility index (Phi) is 13.2. The van der Waals surface area contributed by atoms with Crippen molar-refractivity contribution in [2.75, 3.05) is 14.2 Å². The molecule has 0 aliphatic carbocycles. The Morgan fingerprint density at radius 3 is 1.63 bits per heavy atom. The lowest BCUT2D eigenvalue weighted by Gasteiger charge is -2.18. The zero-order valence-electron chi connectivity index (χ0n) is 28.4. The molecule has 2 aromatic carbocycles. The highest BCUT2D eigenvalue weighted by Gasteiger charge is 2.18. The van der Waals surface area contributed by atoms with Gasteiger partial charge in [0.15, 0.2) is 0 Å². The van der Waals surface area contributed by atoms with Gasteiger partial charge in [0.1, 0.15) is 29.5 Å². The summed E-state index contributed by atoms with van der Waals surface area (Å²) in [6, 6.07) is 14.7. The number of hydrogen-bond donors (Lipinski definition) is 3. The Hall–Kier alpha value is -4.42. The maximum absolute atomic E-state index is 11.4. The molecule has 260 valence electrons. The SMILES string of the molecule is COc1nc(OCc2cccc(-c3cccc(COc4nc(OC)c(CNC(C)C(N)=O)cc4Cl)c3C)c2C)c(Cl)cc1CNC(C)C=O. The van der Waals surface area contributed by atoms with Crippen molar-refractivity contribution in [3.63, 3.8) is 0 Å². The molecule has 49 heavy (non-hydrogen) atoms. The molecule has 0 bridgehead atoms. The molecular formula is C36H41Cl2N5O6. The van der Waals surface area contributed by atoms with Crippen LogP contribution < -0.4 is 35.3 Å². The molecule has 0 radical (unpaired) electrons. The van der Waals surface area contributed by atoms with Crippen molar-refractivity contribution in [1.29, 1.82) is 0 Å². The number of primary amides is 1. The van der Waals surface area contributed by atoms with E-state index in [2.05, 4.69) is 32.7 Å². The molecule has 2 heterocycles. The number of pyridine rings is 2. The van der Waals surface area contributed by atoms with Crippen LogP contribution >= 0.6 is 23.2 Å². The molecule has 0 aliphatic rings. The lowest BCUT2D eigenvalue weighted by atomic mass is 9.92. The number of benzene rings is 2. The van der Waals surface area contributed by atoms with Gasteiger partial charge in [-0.05, 0) is 73.2 Å². The zero-order valence-corrected chi connectivity index (χ0v) is 29.9. The largest absolute Gasteiger partial charge is 0.481 e. The number of rotatable bonds is 17. The predicted molar refractivity (Wildman–Crippen MR) is 189 cm³/mol. The number of carbonyl (C=O) groups is 2. The lowest BCUT2D eigenvalue weighted by Crippen LogP contribution is -2.38. The minimum Gasteiger partial charge on any atom is -0.481 e. The van der Waals surface area contributed by atoms with E-state index in [4.69, 9.17) is 47.9 Å². The van der Waals surface area contributed by atoms with Crippen LogP contribution in [0, 0.1) is 13.8 Å². The molecule has 4 rings (SSSR count). The third kappa shape index (κ3) is 9.39. The van der Waals surface area contributed by atoms with Crippen molar-refractivity contribution in [1.82, 2.24) is 20.6 Å². The number of nitrogens with zero attached hydrogens (tertiary/aromatic N) is 2. The van der Waals surface area contributed by atoms with Crippen LogP contribution in [0.1, 0.15) is 47.2 Å². The Morgan fingerprint density at radius 2 is 1.22 bits per heavy atom. The molecule has 1 amide bonds. The van der Waals surface area contributed by atoms with Gasteiger partial charge in [-0.1, -0.05) is 59.6 Å². The highest BCUT2D eigenvalue weighted by atomic mass is 35.5. The van der Waals surface area contributed by atoms with Crippen molar-refractivity contribution in [2.45, 2.75) is 66.1 Å². The summed E-state index contributed by atoms with van der Waals surface area (Å²) in [5, 5.41) is 6.75. The van der Waals surface area contributed by atoms with E-state index >= 15 is 0 Å². The molecule has 0 saturated carbocycles. The topological polar surface area (TPSA) is 147 Å². The van der Waals surface area contributed by atoms with Gasteiger partial charge in [0.2, 0.25) is 29.4 Å². The first kappa shape index (κ1) is 37.4. The van der Waals surface area contributed by atoms with E-state index in [0.29, 0.717) is 39.5 Å². The zero-order chi connectivity index (χ0) is 35.7. The average molecular weight is 711 g/mol. The molecule has 13 heteroatoms. The first-order valence-corrected chi connectivity index (χ1v) is 16.3. The van der Waals surface area contributed by atoms with Crippen LogP contribution in [0.2, 0.25) is 10.0 Å². The van der Waals surface area contributed by atoms with E-state index in [-0.39, 0.29) is 37.6 Å². The number of ether oxygens (including phenoxy) is 4. The number of nitrogens with one attached hydrogen (secondary N) is 2. The minimum absolute atomic E-state index is 0.222. The van der Waals surface area contributed by atoms with Gasteiger partial charge in [0.25, 0.3) is 0 Å². The fraction of sp³-hybridized carbons (Fsp3) is 0.333. The summed E-state index contributed by atoms with van der Waals surface area (Å²) in [7, 11) is 3.03. The first-order chi connectivity index (χ1) is 23.5. The number of carbonyl (C=O) groups excluding carboxylic acids is 2. The Morgan fingerprint density at radius 1 is 0.776 bits per heavy atom. The Bertz CT molecular complexity index is 1800. The molecule has 0 aliphatic heterocycles. The number of nitrogens with two attached hydrogens (primary N) is 1. The average Bonchev–Trinajstić information content (AvgIpc) is 3.09. The number of aromatic nitrogens is 2. The van der Waals surface area contributed by atoms with Gasteiger partial charge in [-0.25, -0.2) is 0 Å². The second-order valence-electron chi connectivity index (χ2n) is 11.5. The summed E-state index contributed by atoms with van der Waals surface area (Å²) >= 11 is 13.1. The second kappa shape index (κ2) is 17.3. The maximum Gasteiger partial charge on any atom is 0.236 e. The summed E-state index contributed by atoms with van der Waals surface area (Å²) < 4.78 is 23.1. The molecule has 4 aromatic rings. The fourth-order valence-corrected chi connectivity index (χ4v) is 5.49. The summed E-state index contributed by atoms with van der Waals surface area (Å²) in [6.07, 6.45) is 0.823. The van der Waals surface area contributed by atoms with Crippen LogP contribution in [0.3, 0.4) is 0 Å². The van der Waals surface area contributed by atoms with E-state index in [1.807, 2.05) is 38.1 Å². The van der Waals surface area contributed by atoms with E-state index in [1.165, 1.54) is 14.2 Å². The van der Waals surface area contributed by atoms with Crippen molar-refractivity contribution in [2.24, 2.45) is 5.73 Å². The fourth-order valence-electron chi connectivity index (χ4n) is 5.04. The van der Waals surface area contributed by atoms with Gasteiger partial charge < -0.3 is 40.1 Å². The molecule has 2 atom stereocenters.